The van der Waals surface area contributed by atoms with Gasteiger partial charge in [-0.1, -0.05) is 13.8 Å². The van der Waals surface area contributed by atoms with Gasteiger partial charge in [0.05, 0.1) is 36.2 Å². The lowest BCUT2D eigenvalue weighted by Crippen LogP contribution is -2.40. The van der Waals surface area contributed by atoms with Crippen molar-refractivity contribution in [2.45, 2.75) is 25.9 Å². The monoisotopic (exact) mass is 347 g/mol. The van der Waals surface area contributed by atoms with Crippen molar-refractivity contribution in [3.05, 3.63) is 33.8 Å². The zero-order valence-corrected chi connectivity index (χ0v) is 15.2. The van der Waals surface area contributed by atoms with Gasteiger partial charge in [-0.3, -0.25) is 4.79 Å². The van der Waals surface area contributed by atoms with Gasteiger partial charge in [-0.25, -0.2) is 4.98 Å². The highest BCUT2D eigenvalue weighted by Gasteiger charge is 2.33. The number of rotatable bonds is 4. The Bertz CT molecular complexity index is 772. The van der Waals surface area contributed by atoms with Crippen molar-refractivity contribution < 1.29 is 14.3 Å². The average Bonchev–Trinajstić information content (AvgIpc) is 3.07. The van der Waals surface area contributed by atoms with Gasteiger partial charge in [-0.15, -0.1) is 11.3 Å². The van der Waals surface area contributed by atoms with Crippen LogP contribution < -0.4 is 14.8 Å². The smallest absolute Gasteiger partial charge is 0.257 e. The van der Waals surface area contributed by atoms with Crippen LogP contribution in [0, 0.1) is 0 Å². The summed E-state index contributed by atoms with van der Waals surface area (Å²) < 4.78 is 10.6. The van der Waals surface area contributed by atoms with Crippen LogP contribution in [0.15, 0.2) is 17.5 Å². The molecule has 2 aromatic rings. The van der Waals surface area contributed by atoms with Crippen LogP contribution in [-0.4, -0.2) is 37.1 Å². The predicted octanol–water partition coefficient (Wildman–Crippen LogP) is 3.48. The summed E-state index contributed by atoms with van der Waals surface area (Å²) in [5, 5.41) is 6.45. The van der Waals surface area contributed by atoms with E-state index in [-0.39, 0.29) is 12.1 Å². The number of benzene rings is 1. The van der Waals surface area contributed by atoms with Crippen molar-refractivity contribution in [2.24, 2.45) is 0 Å². The Kier molecular flexibility index (Phi) is 4.36. The molecule has 0 bridgehead atoms. The molecule has 6 nitrogen and oxygen atoms in total. The number of amides is 1. The first kappa shape index (κ1) is 16.6. The number of carbonyl (C=O) groups excluding carboxylic acids is 1. The van der Waals surface area contributed by atoms with Crippen LogP contribution in [0.3, 0.4) is 0 Å². The van der Waals surface area contributed by atoms with Gasteiger partial charge in [0.2, 0.25) is 0 Å². The summed E-state index contributed by atoms with van der Waals surface area (Å²) in [5.41, 5.74) is 2.13. The molecule has 1 aliphatic heterocycles. The lowest BCUT2D eigenvalue weighted by Gasteiger charge is -2.34. The Morgan fingerprint density at radius 3 is 2.50 bits per heavy atom. The molecule has 0 aliphatic carbocycles. The van der Waals surface area contributed by atoms with E-state index in [1.54, 1.807) is 49.6 Å². The highest BCUT2D eigenvalue weighted by Crippen LogP contribution is 2.39. The van der Waals surface area contributed by atoms with E-state index >= 15 is 0 Å². The number of hydrogen-bond acceptors (Lipinski definition) is 6. The predicted molar refractivity (Wildman–Crippen MR) is 94.2 cm³/mol. The zero-order chi connectivity index (χ0) is 17.4. The van der Waals surface area contributed by atoms with E-state index in [2.05, 4.69) is 24.1 Å². The standard InChI is InChI=1S/C17H21N3O3S/c1-9(2)16-19-12(8-24-16)15-18-11-7-14(23-5)13(22-4)6-10(11)17(21)20(15)3/h6-9,15,18H,1-5H3/t15-/m0/s1. The van der Waals surface area contributed by atoms with Crippen molar-refractivity contribution in [3.63, 3.8) is 0 Å². The van der Waals surface area contributed by atoms with Gasteiger partial charge in [0.15, 0.2) is 11.5 Å². The fourth-order valence-corrected chi connectivity index (χ4v) is 3.54. The highest BCUT2D eigenvalue weighted by atomic mass is 32.1. The van der Waals surface area contributed by atoms with Crippen LogP contribution in [-0.2, 0) is 0 Å². The second kappa shape index (κ2) is 6.32. The molecule has 0 saturated carbocycles. The lowest BCUT2D eigenvalue weighted by molar-refractivity contribution is 0.0732. The molecule has 2 heterocycles. The summed E-state index contributed by atoms with van der Waals surface area (Å²) in [6, 6.07) is 3.50. The summed E-state index contributed by atoms with van der Waals surface area (Å²) in [5.74, 6) is 1.41. The molecule has 1 N–H and O–H groups in total. The molecule has 3 rings (SSSR count). The third kappa shape index (κ3) is 2.69. The van der Waals surface area contributed by atoms with E-state index in [0.29, 0.717) is 23.0 Å². The number of ether oxygens (including phenoxy) is 2. The lowest BCUT2D eigenvalue weighted by atomic mass is 10.1. The van der Waals surface area contributed by atoms with Crippen LogP contribution in [0.25, 0.3) is 0 Å². The number of hydrogen-bond donors (Lipinski definition) is 1. The van der Waals surface area contributed by atoms with Crippen molar-refractivity contribution in [2.75, 3.05) is 26.6 Å². The topological polar surface area (TPSA) is 63.7 Å². The Labute approximate surface area is 145 Å². The molecular formula is C17H21N3O3S. The van der Waals surface area contributed by atoms with E-state index in [1.165, 1.54) is 0 Å². The highest BCUT2D eigenvalue weighted by molar-refractivity contribution is 7.09. The van der Waals surface area contributed by atoms with Gasteiger partial charge in [0, 0.05) is 24.4 Å². The number of fused-ring (bicyclic) bond motifs is 1. The molecule has 1 aliphatic rings. The molecule has 0 fully saturated rings. The van der Waals surface area contributed by atoms with Crippen molar-refractivity contribution in [1.82, 2.24) is 9.88 Å². The number of aromatic nitrogens is 1. The van der Waals surface area contributed by atoms with Gasteiger partial charge in [-0.2, -0.15) is 0 Å². The van der Waals surface area contributed by atoms with E-state index in [1.807, 2.05) is 5.38 Å². The number of anilines is 1. The second-order valence-electron chi connectivity index (χ2n) is 5.98. The maximum atomic E-state index is 12.8. The van der Waals surface area contributed by atoms with E-state index in [9.17, 15) is 4.79 Å². The molecule has 7 heteroatoms. The zero-order valence-electron chi connectivity index (χ0n) is 14.4. The number of methoxy groups -OCH3 is 2. The minimum atomic E-state index is -0.299. The number of nitrogens with zero attached hydrogens (tertiary/aromatic N) is 2. The molecule has 0 saturated heterocycles. The molecule has 128 valence electrons. The minimum Gasteiger partial charge on any atom is -0.493 e. The fraction of sp³-hybridized carbons (Fsp3) is 0.412. The number of carbonyl (C=O) groups is 1. The van der Waals surface area contributed by atoms with Crippen molar-refractivity contribution in [3.8, 4) is 11.5 Å². The largest absolute Gasteiger partial charge is 0.493 e. The minimum absolute atomic E-state index is 0.0752. The summed E-state index contributed by atoms with van der Waals surface area (Å²) >= 11 is 1.62. The molecule has 24 heavy (non-hydrogen) atoms. The second-order valence-corrected chi connectivity index (χ2v) is 6.87. The molecule has 0 unspecified atom stereocenters. The number of thiazole rings is 1. The van der Waals surface area contributed by atoms with Crippen LogP contribution >= 0.6 is 11.3 Å². The summed E-state index contributed by atoms with van der Waals surface area (Å²) in [4.78, 5) is 19.1. The van der Waals surface area contributed by atoms with Crippen molar-refractivity contribution in [1.29, 1.82) is 0 Å². The maximum absolute atomic E-state index is 12.8. The SMILES string of the molecule is COc1cc2c(cc1OC)C(=O)N(C)[C@@H](c1csc(C(C)C)n1)N2. The Balaban J connectivity index is 2.01. The normalized spacial score (nSPS) is 16.8. The van der Waals surface area contributed by atoms with E-state index < -0.39 is 0 Å². The Morgan fingerprint density at radius 1 is 1.25 bits per heavy atom. The molecule has 1 aromatic heterocycles. The first-order chi connectivity index (χ1) is 11.5. The van der Waals surface area contributed by atoms with Gasteiger partial charge in [0.1, 0.15) is 6.17 Å². The third-order valence-corrected chi connectivity index (χ3v) is 5.23. The fourth-order valence-electron chi connectivity index (χ4n) is 2.69. The average molecular weight is 347 g/mol. The van der Waals surface area contributed by atoms with E-state index in [4.69, 9.17) is 9.47 Å². The summed E-state index contributed by atoms with van der Waals surface area (Å²) in [6.45, 7) is 4.22. The van der Waals surface area contributed by atoms with Gasteiger partial charge >= 0.3 is 0 Å². The van der Waals surface area contributed by atoms with Gasteiger partial charge in [0.25, 0.3) is 5.91 Å². The Morgan fingerprint density at radius 2 is 1.92 bits per heavy atom. The quantitative estimate of drug-likeness (QED) is 0.917. The first-order valence-electron chi connectivity index (χ1n) is 7.71. The first-order valence-corrected chi connectivity index (χ1v) is 8.59. The molecule has 1 amide bonds. The van der Waals surface area contributed by atoms with Gasteiger partial charge in [-0.05, 0) is 6.07 Å². The maximum Gasteiger partial charge on any atom is 0.257 e. The Hall–Kier alpha value is -2.28. The van der Waals surface area contributed by atoms with Crippen LogP contribution in [0.2, 0.25) is 0 Å². The van der Waals surface area contributed by atoms with Crippen LogP contribution in [0.1, 0.15) is 47.0 Å². The van der Waals surface area contributed by atoms with Crippen LogP contribution in [0.4, 0.5) is 5.69 Å². The molecule has 1 aromatic carbocycles. The number of nitrogens with one attached hydrogen (secondary N) is 1. The molecule has 0 radical (unpaired) electrons. The third-order valence-electron chi connectivity index (χ3n) is 4.07. The molecule has 0 spiro atoms. The van der Waals surface area contributed by atoms with Crippen molar-refractivity contribution >= 4 is 22.9 Å². The van der Waals surface area contributed by atoms with E-state index in [0.717, 1.165) is 16.4 Å². The summed E-state index contributed by atoms with van der Waals surface area (Å²) in [7, 11) is 4.90. The summed E-state index contributed by atoms with van der Waals surface area (Å²) in [6.07, 6.45) is -0.299. The van der Waals surface area contributed by atoms with Gasteiger partial charge < -0.3 is 19.7 Å². The molecular weight excluding hydrogens is 326 g/mol. The molecule has 1 atom stereocenters. The van der Waals surface area contributed by atoms with Crippen LogP contribution in [0.5, 0.6) is 11.5 Å².